The summed E-state index contributed by atoms with van der Waals surface area (Å²) in [6.07, 6.45) is 4.03. The number of nitrogens with one attached hydrogen (secondary N) is 1. The van der Waals surface area contributed by atoms with E-state index in [-0.39, 0.29) is 18.8 Å². The number of aliphatic hydroxyl groups is 1. The lowest BCUT2D eigenvalue weighted by Crippen LogP contribution is -2.37. The second-order valence-electron chi connectivity index (χ2n) is 4.57. The fraction of sp³-hybridized carbons (Fsp3) is 0.909. The Morgan fingerprint density at radius 2 is 2.44 bits per heavy atom. The summed E-state index contributed by atoms with van der Waals surface area (Å²) in [5.74, 6) is 0. The lowest BCUT2D eigenvalue weighted by molar-refractivity contribution is 0.100. The maximum absolute atomic E-state index is 10.9. The van der Waals surface area contributed by atoms with Crippen molar-refractivity contribution >= 4 is 6.09 Å². The molecule has 5 nitrogen and oxygen atoms in total. The van der Waals surface area contributed by atoms with Gasteiger partial charge in [0.05, 0.1) is 6.54 Å². The van der Waals surface area contributed by atoms with Crippen molar-refractivity contribution < 1.29 is 14.6 Å². The molecule has 0 spiro atoms. The molecule has 0 aliphatic carbocycles. The van der Waals surface area contributed by atoms with Crippen LogP contribution >= 0.6 is 0 Å². The van der Waals surface area contributed by atoms with Gasteiger partial charge in [-0.25, -0.2) is 4.79 Å². The molecule has 92 valence electrons. The van der Waals surface area contributed by atoms with Crippen molar-refractivity contribution in [3.05, 3.63) is 0 Å². The van der Waals surface area contributed by atoms with Gasteiger partial charge in [0.15, 0.2) is 0 Å². The number of hydrogen-bond donors (Lipinski definition) is 2. The summed E-state index contributed by atoms with van der Waals surface area (Å²) in [4.78, 5) is 13.3. The summed E-state index contributed by atoms with van der Waals surface area (Å²) in [5, 5.41) is 11.5. The molecular weight excluding hydrogens is 208 g/mol. The number of aliphatic hydroxyl groups excluding tert-OH is 1. The molecule has 2 aliphatic heterocycles. The fourth-order valence-corrected chi connectivity index (χ4v) is 2.58. The SMILES string of the molecule is O=C1NCC(CN2CCCC2CCCO)O1. The average Bonchev–Trinajstić information content (AvgIpc) is 2.86. The predicted octanol–water partition coefficient (Wildman–Crippen LogP) is 0.332. The van der Waals surface area contributed by atoms with Gasteiger partial charge in [0, 0.05) is 19.2 Å². The van der Waals surface area contributed by atoms with E-state index >= 15 is 0 Å². The van der Waals surface area contributed by atoms with E-state index in [0.717, 1.165) is 25.9 Å². The number of cyclic esters (lactones) is 1. The third-order valence-corrected chi connectivity index (χ3v) is 3.38. The van der Waals surface area contributed by atoms with Crippen LogP contribution in [0.15, 0.2) is 0 Å². The summed E-state index contributed by atoms with van der Waals surface area (Å²) in [5.41, 5.74) is 0. The number of alkyl carbamates (subject to hydrolysis) is 1. The summed E-state index contributed by atoms with van der Waals surface area (Å²) in [6, 6.07) is 0.562. The molecule has 2 unspecified atom stereocenters. The van der Waals surface area contributed by atoms with Crippen LogP contribution in [-0.4, -0.2) is 54.5 Å². The van der Waals surface area contributed by atoms with E-state index < -0.39 is 0 Å². The maximum atomic E-state index is 10.9. The van der Waals surface area contributed by atoms with Crippen molar-refractivity contribution in [2.45, 2.75) is 37.8 Å². The van der Waals surface area contributed by atoms with E-state index in [1.807, 2.05) is 0 Å². The van der Waals surface area contributed by atoms with E-state index in [4.69, 9.17) is 9.84 Å². The largest absolute Gasteiger partial charge is 0.443 e. The first-order valence-electron chi connectivity index (χ1n) is 6.09. The first kappa shape index (κ1) is 11.7. The van der Waals surface area contributed by atoms with Crippen LogP contribution in [0.2, 0.25) is 0 Å². The van der Waals surface area contributed by atoms with Crippen molar-refractivity contribution in [3.8, 4) is 0 Å². The van der Waals surface area contributed by atoms with E-state index in [0.29, 0.717) is 12.6 Å². The summed E-state index contributed by atoms with van der Waals surface area (Å²) >= 11 is 0. The highest BCUT2D eigenvalue weighted by Gasteiger charge is 2.30. The molecule has 5 heteroatoms. The lowest BCUT2D eigenvalue weighted by Gasteiger charge is -2.25. The quantitative estimate of drug-likeness (QED) is 0.712. The summed E-state index contributed by atoms with van der Waals surface area (Å²) in [7, 11) is 0. The number of carbonyl (C=O) groups excluding carboxylic acids is 1. The molecule has 2 fully saturated rings. The highest BCUT2D eigenvalue weighted by molar-refractivity contribution is 5.69. The summed E-state index contributed by atoms with van der Waals surface area (Å²) < 4.78 is 5.13. The summed E-state index contributed by atoms with van der Waals surface area (Å²) in [6.45, 7) is 2.81. The van der Waals surface area contributed by atoms with E-state index in [9.17, 15) is 4.79 Å². The zero-order valence-electron chi connectivity index (χ0n) is 9.52. The molecule has 2 heterocycles. The normalized spacial score (nSPS) is 30.4. The van der Waals surface area contributed by atoms with Gasteiger partial charge < -0.3 is 15.2 Å². The first-order valence-corrected chi connectivity index (χ1v) is 6.09. The van der Waals surface area contributed by atoms with Gasteiger partial charge in [-0.3, -0.25) is 4.90 Å². The smallest absolute Gasteiger partial charge is 0.407 e. The molecule has 2 saturated heterocycles. The van der Waals surface area contributed by atoms with Crippen molar-refractivity contribution in [3.63, 3.8) is 0 Å². The minimum atomic E-state index is -0.295. The van der Waals surface area contributed by atoms with Gasteiger partial charge in [-0.1, -0.05) is 0 Å². The number of rotatable bonds is 5. The topological polar surface area (TPSA) is 61.8 Å². The van der Waals surface area contributed by atoms with Gasteiger partial charge in [-0.15, -0.1) is 0 Å². The molecule has 16 heavy (non-hydrogen) atoms. The van der Waals surface area contributed by atoms with Crippen LogP contribution < -0.4 is 5.32 Å². The molecule has 2 N–H and O–H groups in total. The molecule has 0 aromatic heterocycles. The molecule has 2 aliphatic rings. The number of hydrogen-bond acceptors (Lipinski definition) is 4. The van der Waals surface area contributed by atoms with E-state index in [1.165, 1.54) is 12.8 Å². The Bertz CT molecular complexity index is 247. The number of nitrogens with zero attached hydrogens (tertiary/aromatic N) is 1. The molecule has 0 saturated carbocycles. The highest BCUT2D eigenvalue weighted by Crippen LogP contribution is 2.22. The minimum Gasteiger partial charge on any atom is -0.443 e. The Morgan fingerprint density at radius 1 is 1.56 bits per heavy atom. The third kappa shape index (κ3) is 2.86. The maximum Gasteiger partial charge on any atom is 0.407 e. The van der Waals surface area contributed by atoms with Crippen molar-refractivity contribution in [2.75, 3.05) is 26.2 Å². The zero-order valence-corrected chi connectivity index (χ0v) is 9.52. The van der Waals surface area contributed by atoms with Crippen molar-refractivity contribution in [1.82, 2.24) is 10.2 Å². The molecule has 0 aromatic carbocycles. The Morgan fingerprint density at radius 3 is 3.12 bits per heavy atom. The molecule has 0 bridgehead atoms. The Hall–Kier alpha value is -0.810. The molecular formula is C11H20N2O3. The van der Waals surface area contributed by atoms with Crippen LogP contribution in [0.1, 0.15) is 25.7 Å². The Balaban J connectivity index is 1.77. The van der Waals surface area contributed by atoms with Crippen molar-refractivity contribution in [2.24, 2.45) is 0 Å². The van der Waals surface area contributed by atoms with Gasteiger partial charge in [0.2, 0.25) is 0 Å². The number of amides is 1. The monoisotopic (exact) mass is 228 g/mol. The molecule has 2 rings (SSSR count). The molecule has 1 amide bonds. The Kier molecular flexibility index (Phi) is 4.01. The van der Waals surface area contributed by atoms with Gasteiger partial charge in [0.1, 0.15) is 6.10 Å². The van der Waals surface area contributed by atoms with Crippen LogP contribution in [-0.2, 0) is 4.74 Å². The molecule has 0 radical (unpaired) electrons. The average molecular weight is 228 g/mol. The molecule has 2 atom stereocenters. The van der Waals surface area contributed by atoms with Crippen molar-refractivity contribution in [1.29, 1.82) is 0 Å². The zero-order chi connectivity index (χ0) is 11.4. The number of likely N-dealkylation sites (tertiary alicyclic amines) is 1. The van der Waals surface area contributed by atoms with Crippen LogP contribution in [0.25, 0.3) is 0 Å². The van der Waals surface area contributed by atoms with E-state index in [2.05, 4.69) is 10.2 Å². The van der Waals surface area contributed by atoms with Gasteiger partial charge in [-0.2, -0.15) is 0 Å². The van der Waals surface area contributed by atoms with Gasteiger partial charge in [-0.05, 0) is 32.2 Å². The third-order valence-electron chi connectivity index (χ3n) is 3.38. The standard InChI is InChI=1S/C11H20N2O3/c14-6-2-4-9-3-1-5-13(9)8-10-7-12-11(15)16-10/h9-10,14H,1-8H2,(H,12,15). The first-order chi connectivity index (χ1) is 7.79. The second-order valence-corrected chi connectivity index (χ2v) is 4.57. The van der Waals surface area contributed by atoms with Crippen LogP contribution in [0.4, 0.5) is 4.79 Å². The Labute approximate surface area is 95.8 Å². The van der Waals surface area contributed by atoms with Crippen LogP contribution in [0.3, 0.4) is 0 Å². The van der Waals surface area contributed by atoms with E-state index in [1.54, 1.807) is 0 Å². The number of carbonyl (C=O) groups is 1. The second kappa shape index (κ2) is 5.50. The van der Waals surface area contributed by atoms with Crippen LogP contribution in [0, 0.1) is 0 Å². The minimum absolute atomic E-state index is 0.00206. The molecule has 0 aromatic rings. The van der Waals surface area contributed by atoms with Crippen LogP contribution in [0.5, 0.6) is 0 Å². The lowest BCUT2D eigenvalue weighted by atomic mass is 10.1. The predicted molar refractivity (Wildman–Crippen MR) is 59.2 cm³/mol. The van der Waals surface area contributed by atoms with Gasteiger partial charge >= 0.3 is 6.09 Å². The highest BCUT2D eigenvalue weighted by atomic mass is 16.6. The fourth-order valence-electron chi connectivity index (χ4n) is 2.58. The number of ether oxygens (including phenoxy) is 1. The van der Waals surface area contributed by atoms with Gasteiger partial charge in [0.25, 0.3) is 0 Å².